The average Bonchev–Trinajstić information content (AvgIpc) is 2.98. The Morgan fingerprint density at radius 3 is 2.50 bits per heavy atom. The van der Waals surface area contributed by atoms with E-state index in [-0.39, 0.29) is 17.3 Å². The number of hydrogen-bond donors (Lipinski definition) is 2. The first-order valence-corrected chi connectivity index (χ1v) is 9.12. The summed E-state index contributed by atoms with van der Waals surface area (Å²) < 4.78 is 5.10. The van der Waals surface area contributed by atoms with E-state index in [0.29, 0.717) is 5.69 Å². The predicted molar refractivity (Wildman–Crippen MR) is 107 cm³/mol. The van der Waals surface area contributed by atoms with Crippen LogP contribution in [-0.2, 0) is 9.59 Å². The van der Waals surface area contributed by atoms with Crippen LogP contribution in [0.2, 0.25) is 0 Å². The maximum absolute atomic E-state index is 12.7. The van der Waals surface area contributed by atoms with E-state index in [4.69, 9.17) is 9.84 Å². The summed E-state index contributed by atoms with van der Waals surface area (Å²) in [5, 5.41) is 26.1. The third-order valence-electron chi connectivity index (χ3n) is 3.87. The van der Waals surface area contributed by atoms with E-state index in [1.165, 1.54) is 23.2 Å². The lowest BCUT2D eigenvalue weighted by atomic mass is 10.2. The van der Waals surface area contributed by atoms with Crippen LogP contribution < -0.4 is 9.64 Å². The van der Waals surface area contributed by atoms with E-state index in [9.17, 15) is 14.7 Å². The zero-order chi connectivity index (χ0) is 20.1. The largest absolute Gasteiger partial charge is 0.508 e. The van der Waals surface area contributed by atoms with Crippen LogP contribution in [0.3, 0.4) is 0 Å². The molecule has 1 heterocycles. The molecule has 0 aliphatic carbocycles. The number of carbonyl (C=O) groups is 2. The van der Waals surface area contributed by atoms with Gasteiger partial charge in [-0.3, -0.25) is 14.5 Å². The van der Waals surface area contributed by atoms with Crippen molar-refractivity contribution in [2.24, 2.45) is 10.2 Å². The zero-order valence-electron chi connectivity index (χ0n) is 14.8. The van der Waals surface area contributed by atoms with E-state index < -0.39 is 17.1 Å². The minimum absolute atomic E-state index is 0.0566. The number of carbonyl (C=O) groups excluding carboxylic acids is 1. The fourth-order valence-corrected chi connectivity index (χ4v) is 3.58. The Morgan fingerprint density at radius 1 is 1.21 bits per heavy atom. The summed E-state index contributed by atoms with van der Waals surface area (Å²) in [5.41, 5.74) is 1.26. The normalized spacial score (nSPS) is 18.2. The van der Waals surface area contributed by atoms with Crippen LogP contribution in [0.4, 0.5) is 5.69 Å². The summed E-state index contributed by atoms with van der Waals surface area (Å²) in [5.74, 6) is -0.687. The van der Waals surface area contributed by atoms with Gasteiger partial charge in [0.2, 0.25) is 5.91 Å². The zero-order valence-corrected chi connectivity index (χ0v) is 15.7. The molecular formula is C19H17N3O5S. The first-order valence-electron chi connectivity index (χ1n) is 8.24. The van der Waals surface area contributed by atoms with E-state index in [0.717, 1.165) is 23.1 Å². The second-order valence-corrected chi connectivity index (χ2v) is 6.96. The number of phenolic OH excluding ortho intramolecular Hbond substituents is 1. The van der Waals surface area contributed by atoms with Gasteiger partial charge in [-0.1, -0.05) is 11.8 Å². The quantitative estimate of drug-likeness (QED) is 0.571. The summed E-state index contributed by atoms with van der Waals surface area (Å²) in [6, 6.07) is 13.2. The molecule has 0 bridgehead atoms. The highest BCUT2D eigenvalue weighted by atomic mass is 32.2. The first kappa shape index (κ1) is 19.4. The molecule has 1 aliphatic rings. The Labute approximate surface area is 165 Å². The van der Waals surface area contributed by atoms with Crippen molar-refractivity contribution in [2.75, 3.05) is 12.0 Å². The molecule has 0 spiro atoms. The summed E-state index contributed by atoms with van der Waals surface area (Å²) >= 11 is 1.04. The molecule has 1 aliphatic heterocycles. The smallest absolute Gasteiger partial charge is 0.305 e. The molecular weight excluding hydrogens is 382 g/mol. The Morgan fingerprint density at radius 2 is 1.89 bits per heavy atom. The van der Waals surface area contributed by atoms with Crippen molar-refractivity contribution >= 4 is 40.7 Å². The number of aliphatic carboxylic acids is 1. The lowest BCUT2D eigenvalue weighted by molar-refractivity contribution is -0.138. The Hall–Kier alpha value is -3.33. The highest BCUT2D eigenvalue weighted by Gasteiger charge is 2.40. The third-order valence-corrected chi connectivity index (χ3v) is 5.00. The van der Waals surface area contributed by atoms with Gasteiger partial charge in [0.25, 0.3) is 0 Å². The summed E-state index contributed by atoms with van der Waals surface area (Å²) in [7, 11) is 1.58. The lowest BCUT2D eigenvalue weighted by Gasteiger charge is -2.15. The minimum Gasteiger partial charge on any atom is -0.508 e. The van der Waals surface area contributed by atoms with Crippen LogP contribution >= 0.6 is 11.8 Å². The van der Waals surface area contributed by atoms with Crippen molar-refractivity contribution in [2.45, 2.75) is 11.7 Å². The van der Waals surface area contributed by atoms with E-state index in [2.05, 4.69) is 10.2 Å². The van der Waals surface area contributed by atoms with Gasteiger partial charge >= 0.3 is 5.97 Å². The van der Waals surface area contributed by atoms with Gasteiger partial charge in [-0.05, 0) is 54.1 Å². The maximum Gasteiger partial charge on any atom is 0.305 e. The number of hydrogen-bond acceptors (Lipinski definition) is 7. The number of carboxylic acid groups (broad SMARTS) is 1. The number of amidine groups is 1. The van der Waals surface area contributed by atoms with Crippen molar-refractivity contribution in [1.29, 1.82) is 0 Å². The van der Waals surface area contributed by atoms with Crippen LogP contribution in [-0.4, -0.2) is 45.8 Å². The molecule has 2 aromatic rings. The van der Waals surface area contributed by atoms with Crippen LogP contribution in [0.15, 0.2) is 58.7 Å². The SMILES string of the molecule is COc1ccc(/C=N\N=C2\S[C@@H](CC(=O)O)C(=O)N2c2ccc(O)cc2)cc1. The molecule has 144 valence electrons. The first-order chi connectivity index (χ1) is 13.5. The summed E-state index contributed by atoms with van der Waals surface area (Å²) in [6.07, 6.45) is 1.20. The molecule has 28 heavy (non-hydrogen) atoms. The van der Waals surface area contributed by atoms with Gasteiger partial charge in [0, 0.05) is 0 Å². The van der Waals surface area contributed by atoms with Crippen molar-refractivity contribution < 1.29 is 24.5 Å². The summed E-state index contributed by atoms with van der Waals surface area (Å²) in [6.45, 7) is 0. The molecule has 0 radical (unpaired) electrons. The van der Waals surface area contributed by atoms with Crippen LogP contribution in [0.25, 0.3) is 0 Å². The molecule has 3 rings (SSSR count). The Kier molecular flexibility index (Phi) is 5.95. The molecule has 0 saturated carbocycles. The second kappa shape index (κ2) is 8.57. The van der Waals surface area contributed by atoms with Gasteiger partial charge in [0.1, 0.15) is 16.7 Å². The molecule has 8 nitrogen and oxygen atoms in total. The standard InChI is InChI=1S/C19H17N3O5S/c1-27-15-8-2-12(3-9-15)11-20-21-19-22(13-4-6-14(23)7-5-13)18(26)16(28-19)10-17(24)25/h2-9,11,16,23H,10H2,1H3,(H,24,25)/b20-11-,21-19+/t16-/m0/s1. The van der Waals surface area contributed by atoms with Gasteiger partial charge in [-0.15, -0.1) is 5.10 Å². The van der Waals surface area contributed by atoms with Gasteiger partial charge in [-0.2, -0.15) is 5.10 Å². The number of methoxy groups -OCH3 is 1. The predicted octanol–water partition coefficient (Wildman–Crippen LogP) is 2.71. The molecule has 0 aromatic heterocycles. The number of amides is 1. The van der Waals surface area contributed by atoms with Crippen LogP contribution in [0.5, 0.6) is 11.5 Å². The maximum atomic E-state index is 12.7. The average molecular weight is 399 g/mol. The van der Waals surface area contributed by atoms with Crippen molar-refractivity contribution in [3.8, 4) is 11.5 Å². The Balaban J connectivity index is 1.86. The summed E-state index contributed by atoms with van der Waals surface area (Å²) in [4.78, 5) is 25.0. The van der Waals surface area contributed by atoms with E-state index >= 15 is 0 Å². The van der Waals surface area contributed by atoms with Gasteiger partial charge in [-0.25, -0.2) is 0 Å². The number of carboxylic acids is 1. The van der Waals surface area contributed by atoms with Crippen LogP contribution in [0.1, 0.15) is 12.0 Å². The molecule has 1 amide bonds. The van der Waals surface area contributed by atoms with E-state index in [1.807, 2.05) is 0 Å². The number of benzene rings is 2. The number of thioether (sulfide) groups is 1. The number of phenols is 1. The molecule has 1 saturated heterocycles. The molecule has 2 N–H and O–H groups in total. The fraction of sp³-hybridized carbons (Fsp3) is 0.158. The number of ether oxygens (including phenoxy) is 1. The van der Waals surface area contributed by atoms with Crippen molar-refractivity contribution in [3.63, 3.8) is 0 Å². The fourth-order valence-electron chi connectivity index (χ4n) is 2.50. The number of nitrogens with zero attached hydrogens (tertiary/aromatic N) is 3. The minimum atomic E-state index is -1.07. The van der Waals surface area contributed by atoms with Crippen molar-refractivity contribution in [3.05, 3.63) is 54.1 Å². The highest BCUT2D eigenvalue weighted by Crippen LogP contribution is 2.34. The lowest BCUT2D eigenvalue weighted by Crippen LogP contribution is -2.32. The van der Waals surface area contributed by atoms with E-state index in [1.54, 1.807) is 43.5 Å². The number of rotatable bonds is 6. The van der Waals surface area contributed by atoms with Gasteiger partial charge < -0.3 is 14.9 Å². The molecule has 1 atom stereocenters. The number of anilines is 1. The van der Waals surface area contributed by atoms with Crippen LogP contribution in [0, 0.1) is 0 Å². The molecule has 0 unspecified atom stereocenters. The molecule has 1 fully saturated rings. The van der Waals surface area contributed by atoms with Crippen molar-refractivity contribution in [1.82, 2.24) is 0 Å². The molecule has 9 heteroatoms. The topological polar surface area (TPSA) is 112 Å². The molecule has 2 aromatic carbocycles. The highest BCUT2D eigenvalue weighted by molar-refractivity contribution is 8.16. The second-order valence-electron chi connectivity index (χ2n) is 5.79. The Bertz CT molecular complexity index is 926. The van der Waals surface area contributed by atoms with Gasteiger partial charge in [0.15, 0.2) is 5.17 Å². The van der Waals surface area contributed by atoms with Gasteiger partial charge in [0.05, 0.1) is 25.4 Å². The number of aromatic hydroxyl groups is 1. The monoisotopic (exact) mass is 399 g/mol. The third kappa shape index (κ3) is 4.49.